The molecule has 2 nitrogen and oxygen atoms in total. The van der Waals surface area contributed by atoms with Gasteiger partial charge in [-0.2, -0.15) is 0 Å². The average molecular weight is 233 g/mol. The molecular formula is C15H23NO. The summed E-state index contributed by atoms with van der Waals surface area (Å²) in [5.41, 5.74) is 2.71. The van der Waals surface area contributed by atoms with E-state index in [0.29, 0.717) is 12.1 Å². The van der Waals surface area contributed by atoms with Crippen molar-refractivity contribution < 1.29 is 5.11 Å². The Bertz CT molecular complexity index is 364. The molecule has 2 heteroatoms. The van der Waals surface area contributed by atoms with Crippen LogP contribution in [0.3, 0.4) is 0 Å². The number of benzene rings is 1. The molecule has 17 heavy (non-hydrogen) atoms. The van der Waals surface area contributed by atoms with Crippen molar-refractivity contribution in [3.05, 3.63) is 35.4 Å². The number of aliphatic hydroxyl groups excluding tert-OH is 1. The van der Waals surface area contributed by atoms with Crippen molar-refractivity contribution in [3.8, 4) is 0 Å². The van der Waals surface area contributed by atoms with Crippen LogP contribution < -0.4 is 5.32 Å². The van der Waals surface area contributed by atoms with E-state index in [-0.39, 0.29) is 6.10 Å². The number of hydrogen-bond donors (Lipinski definition) is 2. The van der Waals surface area contributed by atoms with Crippen LogP contribution in [0.4, 0.5) is 0 Å². The van der Waals surface area contributed by atoms with E-state index in [1.807, 2.05) is 0 Å². The molecule has 1 fully saturated rings. The van der Waals surface area contributed by atoms with E-state index in [1.54, 1.807) is 0 Å². The second-order valence-electron chi connectivity index (χ2n) is 5.26. The number of rotatable bonds is 3. The summed E-state index contributed by atoms with van der Waals surface area (Å²) in [5.74, 6) is 0. The maximum Gasteiger partial charge on any atom is 0.0555 e. The van der Waals surface area contributed by atoms with Crippen LogP contribution in [0.2, 0.25) is 0 Å². The van der Waals surface area contributed by atoms with Crippen LogP contribution in [0.15, 0.2) is 24.3 Å². The minimum Gasteiger partial charge on any atom is -0.393 e. The Hall–Kier alpha value is -0.860. The molecule has 0 heterocycles. The normalized spacial score (nSPS) is 26.8. The molecule has 2 N–H and O–H groups in total. The van der Waals surface area contributed by atoms with Crippen LogP contribution in [0.25, 0.3) is 0 Å². The third kappa shape index (κ3) is 3.30. The fourth-order valence-corrected chi connectivity index (χ4v) is 2.83. The van der Waals surface area contributed by atoms with Crippen molar-refractivity contribution in [1.29, 1.82) is 0 Å². The van der Waals surface area contributed by atoms with E-state index in [9.17, 15) is 5.11 Å². The van der Waals surface area contributed by atoms with Gasteiger partial charge < -0.3 is 10.4 Å². The first-order valence-corrected chi connectivity index (χ1v) is 6.66. The predicted octanol–water partition coefficient (Wildman–Crippen LogP) is 2.95. The molecule has 1 saturated carbocycles. The van der Waals surface area contributed by atoms with Crippen LogP contribution in [0, 0.1) is 6.92 Å². The second-order valence-corrected chi connectivity index (χ2v) is 5.26. The summed E-state index contributed by atoms with van der Waals surface area (Å²) in [7, 11) is 0. The number of aliphatic hydroxyl groups is 1. The SMILES string of the molecule is Cc1ccccc1C(C)NC1CCCC(O)C1. The number of nitrogens with one attached hydrogen (secondary N) is 1. The molecule has 0 aliphatic heterocycles. The Morgan fingerprint density at radius 3 is 2.76 bits per heavy atom. The Kier molecular flexibility index (Phi) is 4.19. The van der Waals surface area contributed by atoms with Crippen LogP contribution in [0.5, 0.6) is 0 Å². The van der Waals surface area contributed by atoms with Gasteiger partial charge in [0.25, 0.3) is 0 Å². The molecule has 94 valence electrons. The summed E-state index contributed by atoms with van der Waals surface area (Å²) >= 11 is 0. The van der Waals surface area contributed by atoms with Gasteiger partial charge in [0.2, 0.25) is 0 Å². The summed E-state index contributed by atoms with van der Waals surface area (Å²) in [5, 5.41) is 13.3. The molecule has 0 amide bonds. The predicted molar refractivity (Wildman–Crippen MR) is 71.0 cm³/mol. The first-order chi connectivity index (χ1) is 8.16. The highest BCUT2D eigenvalue weighted by Gasteiger charge is 2.21. The number of hydrogen-bond acceptors (Lipinski definition) is 2. The molecule has 0 spiro atoms. The van der Waals surface area contributed by atoms with Crippen molar-refractivity contribution in [3.63, 3.8) is 0 Å². The number of aryl methyl sites for hydroxylation is 1. The smallest absolute Gasteiger partial charge is 0.0555 e. The largest absolute Gasteiger partial charge is 0.393 e. The molecule has 0 radical (unpaired) electrons. The Morgan fingerprint density at radius 1 is 1.29 bits per heavy atom. The molecule has 1 aliphatic carbocycles. The van der Waals surface area contributed by atoms with E-state index in [2.05, 4.69) is 43.4 Å². The van der Waals surface area contributed by atoms with Crippen LogP contribution in [-0.4, -0.2) is 17.3 Å². The monoisotopic (exact) mass is 233 g/mol. The van der Waals surface area contributed by atoms with Gasteiger partial charge in [-0.05, 0) is 50.7 Å². The summed E-state index contributed by atoms with van der Waals surface area (Å²) in [6.45, 7) is 4.37. The van der Waals surface area contributed by atoms with Gasteiger partial charge in [0.05, 0.1) is 6.10 Å². The Balaban J connectivity index is 1.97. The molecule has 0 saturated heterocycles. The lowest BCUT2D eigenvalue weighted by molar-refractivity contribution is 0.109. The lowest BCUT2D eigenvalue weighted by atomic mass is 9.91. The standard InChI is InChI=1S/C15H23NO/c1-11-6-3-4-9-15(11)12(2)16-13-7-5-8-14(17)10-13/h3-4,6,9,12-14,16-17H,5,7-8,10H2,1-2H3. The molecule has 1 aromatic carbocycles. The fraction of sp³-hybridized carbons (Fsp3) is 0.600. The van der Waals surface area contributed by atoms with Crippen molar-refractivity contribution >= 4 is 0 Å². The van der Waals surface area contributed by atoms with Gasteiger partial charge >= 0.3 is 0 Å². The highest BCUT2D eigenvalue weighted by atomic mass is 16.3. The highest BCUT2D eigenvalue weighted by molar-refractivity contribution is 5.28. The van der Waals surface area contributed by atoms with Crippen LogP contribution >= 0.6 is 0 Å². The lowest BCUT2D eigenvalue weighted by Gasteiger charge is -2.30. The summed E-state index contributed by atoms with van der Waals surface area (Å²) in [6.07, 6.45) is 4.09. The van der Waals surface area contributed by atoms with E-state index in [0.717, 1.165) is 19.3 Å². The molecule has 1 aliphatic rings. The van der Waals surface area contributed by atoms with E-state index >= 15 is 0 Å². The maximum absolute atomic E-state index is 9.68. The zero-order valence-corrected chi connectivity index (χ0v) is 10.8. The lowest BCUT2D eigenvalue weighted by Crippen LogP contribution is -2.37. The summed E-state index contributed by atoms with van der Waals surface area (Å²) in [6, 6.07) is 9.35. The molecule has 2 rings (SSSR count). The Labute approximate surface area is 104 Å². The van der Waals surface area contributed by atoms with Crippen molar-refractivity contribution in [2.75, 3.05) is 0 Å². The van der Waals surface area contributed by atoms with Crippen molar-refractivity contribution in [2.24, 2.45) is 0 Å². The first-order valence-electron chi connectivity index (χ1n) is 6.66. The van der Waals surface area contributed by atoms with Gasteiger partial charge in [-0.15, -0.1) is 0 Å². The molecule has 0 bridgehead atoms. The minimum atomic E-state index is -0.106. The molecule has 1 aromatic rings. The summed E-state index contributed by atoms with van der Waals surface area (Å²) < 4.78 is 0. The Morgan fingerprint density at radius 2 is 2.06 bits per heavy atom. The molecule has 3 unspecified atom stereocenters. The third-order valence-electron chi connectivity index (χ3n) is 3.79. The van der Waals surface area contributed by atoms with Crippen LogP contribution in [-0.2, 0) is 0 Å². The van der Waals surface area contributed by atoms with Gasteiger partial charge in [0.15, 0.2) is 0 Å². The van der Waals surface area contributed by atoms with Gasteiger partial charge in [-0.25, -0.2) is 0 Å². The molecule has 0 aromatic heterocycles. The maximum atomic E-state index is 9.68. The third-order valence-corrected chi connectivity index (χ3v) is 3.79. The van der Waals surface area contributed by atoms with E-state index in [1.165, 1.54) is 17.5 Å². The van der Waals surface area contributed by atoms with E-state index in [4.69, 9.17) is 0 Å². The van der Waals surface area contributed by atoms with Crippen LogP contribution in [0.1, 0.15) is 49.8 Å². The summed E-state index contributed by atoms with van der Waals surface area (Å²) in [4.78, 5) is 0. The van der Waals surface area contributed by atoms with Gasteiger partial charge in [0.1, 0.15) is 0 Å². The molecular weight excluding hydrogens is 210 g/mol. The van der Waals surface area contributed by atoms with Crippen molar-refractivity contribution in [2.45, 2.75) is 57.7 Å². The highest BCUT2D eigenvalue weighted by Crippen LogP contribution is 2.23. The molecule has 3 atom stereocenters. The first kappa shape index (κ1) is 12.6. The fourth-order valence-electron chi connectivity index (χ4n) is 2.83. The van der Waals surface area contributed by atoms with E-state index < -0.39 is 0 Å². The average Bonchev–Trinajstić information content (AvgIpc) is 2.29. The topological polar surface area (TPSA) is 32.3 Å². The van der Waals surface area contributed by atoms with Crippen molar-refractivity contribution in [1.82, 2.24) is 5.32 Å². The zero-order valence-electron chi connectivity index (χ0n) is 10.8. The van der Waals surface area contributed by atoms with Gasteiger partial charge in [0, 0.05) is 12.1 Å². The zero-order chi connectivity index (χ0) is 12.3. The van der Waals surface area contributed by atoms with Gasteiger partial charge in [-0.3, -0.25) is 0 Å². The van der Waals surface area contributed by atoms with Gasteiger partial charge in [-0.1, -0.05) is 24.3 Å². The quantitative estimate of drug-likeness (QED) is 0.841. The second kappa shape index (κ2) is 5.65. The minimum absolute atomic E-state index is 0.106.